The summed E-state index contributed by atoms with van der Waals surface area (Å²) in [5, 5.41) is 15.1. The Kier molecular flexibility index (Phi) is 21.2. The predicted octanol–water partition coefficient (Wildman–Crippen LogP) is -0.752. The Morgan fingerprint density at radius 2 is 1.75 bits per heavy atom. The average molecular weight is 114 g/mol. The molecule has 0 spiro atoms. The topological polar surface area (TPSA) is 49.7 Å². The highest BCUT2D eigenvalue weighted by Gasteiger charge is 1.80. The fraction of sp³-hybridized carbons (Fsp3) is 0.333. The first kappa shape index (κ1) is 10.7. The van der Waals surface area contributed by atoms with E-state index in [1.807, 2.05) is 6.92 Å². The van der Waals surface area contributed by atoms with Gasteiger partial charge in [-0.25, -0.2) is 0 Å². The Morgan fingerprint density at radius 1 is 1.50 bits per heavy atom. The van der Waals surface area contributed by atoms with Crippen molar-refractivity contribution in [2.24, 2.45) is 0 Å². The van der Waals surface area contributed by atoms with Crippen LogP contribution in [0.4, 0.5) is 0 Å². The first-order valence-electron chi connectivity index (χ1n) is 1.97. The summed E-state index contributed by atoms with van der Waals surface area (Å²) >= 11 is 0. The minimum Gasteiger partial charge on any atom is -0.456 e. The van der Waals surface area contributed by atoms with Crippen molar-refractivity contribution in [1.29, 1.82) is 0 Å². The van der Waals surface area contributed by atoms with E-state index in [0.717, 1.165) is 0 Å². The molecule has 0 saturated carbocycles. The Labute approximate surface area is 50.6 Å². The van der Waals surface area contributed by atoms with Gasteiger partial charge in [-0.1, -0.05) is 6.08 Å². The maximum atomic E-state index is 7.53. The van der Waals surface area contributed by atoms with E-state index in [2.05, 4.69) is 11.2 Å². The lowest BCUT2D eigenvalue weighted by atomic mass is 10.3. The van der Waals surface area contributed by atoms with Gasteiger partial charge in [0.15, 0.2) is 0 Å². The molecule has 0 aliphatic rings. The summed E-state index contributed by atoms with van der Waals surface area (Å²) in [5.41, 5.74) is 0. The molecule has 0 saturated heterocycles. The number of hydrogen-bond acceptors (Lipinski definition) is 3. The summed E-state index contributed by atoms with van der Waals surface area (Å²) in [4.78, 5) is 0. The van der Waals surface area contributed by atoms with Gasteiger partial charge in [0, 0.05) is 0 Å². The van der Waals surface area contributed by atoms with E-state index in [-0.39, 0.29) is 0 Å². The van der Waals surface area contributed by atoms with Crippen molar-refractivity contribution in [2.75, 3.05) is 0 Å². The molecule has 0 fully saturated rings. The second-order valence-electron chi connectivity index (χ2n) is 0.755. The normalized spacial score (nSPS) is 5.88. The zero-order valence-electron chi connectivity index (χ0n) is 4.74. The summed E-state index contributed by atoms with van der Waals surface area (Å²) < 4.78 is 3.69. The first-order valence-corrected chi connectivity index (χ1v) is 1.97. The summed E-state index contributed by atoms with van der Waals surface area (Å²) in [5.74, 6) is 0. The fourth-order valence-electron chi connectivity index (χ4n) is 0.0272. The fourth-order valence-corrected chi connectivity index (χ4v) is 0.0272. The lowest BCUT2D eigenvalue weighted by Crippen LogP contribution is -2.00. The van der Waals surface area contributed by atoms with Crippen molar-refractivity contribution < 1.29 is 14.6 Å². The van der Waals surface area contributed by atoms with Crippen LogP contribution in [0.25, 0.3) is 0 Å². The summed E-state index contributed by atoms with van der Waals surface area (Å²) in [6, 6.07) is 0. The van der Waals surface area contributed by atoms with Crippen molar-refractivity contribution in [3.8, 4) is 0 Å². The third-order valence-electron chi connectivity index (χ3n) is 0.122. The first-order chi connectivity index (χ1) is 3.83. The van der Waals surface area contributed by atoms with Gasteiger partial charge in [0.1, 0.15) is 0 Å². The van der Waals surface area contributed by atoms with E-state index in [1.165, 1.54) is 0 Å². The second kappa shape index (κ2) is 15.9. The Balaban J connectivity index is 0. The van der Waals surface area contributed by atoms with Crippen LogP contribution in [0.3, 0.4) is 0 Å². The van der Waals surface area contributed by atoms with Crippen molar-refractivity contribution in [3.63, 3.8) is 0 Å². The lowest BCUT2D eigenvalue weighted by molar-refractivity contribution is 0.408. The van der Waals surface area contributed by atoms with Crippen LogP contribution in [0.5, 0.6) is 0 Å². The molecule has 0 aliphatic heterocycles. The van der Waals surface area contributed by atoms with Gasteiger partial charge in [0.05, 0.1) is 0 Å². The third-order valence-corrected chi connectivity index (χ3v) is 0.122. The van der Waals surface area contributed by atoms with E-state index >= 15 is 0 Å². The molecule has 0 rings (SSSR count). The second-order valence-corrected chi connectivity index (χ2v) is 0.755. The van der Waals surface area contributed by atoms with Gasteiger partial charge in [0.25, 0.3) is 0 Å². The Morgan fingerprint density at radius 3 is 1.75 bits per heavy atom. The molecule has 0 amide bonds. The van der Waals surface area contributed by atoms with E-state index in [4.69, 9.17) is 10.0 Å². The van der Waals surface area contributed by atoms with Gasteiger partial charge in [-0.2, -0.15) is 0 Å². The molecule has 0 bridgehead atoms. The summed E-state index contributed by atoms with van der Waals surface area (Å²) in [7, 11) is 0.750. The van der Waals surface area contributed by atoms with Crippen LogP contribution in [0.2, 0.25) is 0 Å². The Hall–Kier alpha value is -0.250. The number of rotatable bonds is 2. The minimum absolute atomic E-state index is 0.375. The molecule has 44 valence electrons. The smallest absolute Gasteiger partial charge is 0.456 e. The van der Waals surface area contributed by atoms with E-state index in [1.54, 1.807) is 6.08 Å². The number of allylic oxidation sites excluding steroid dienone is 1. The molecule has 0 aromatic carbocycles. The van der Waals surface area contributed by atoms with Crippen molar-refractivity contribution >= 4 is 15.4 Å². The monoisotopic (exact) mass is 114 g/mol. The van der Waals surface area contributed by atoms with Crippen LogP contribution >= 0.6 is 0 Å². The zero-order chi connectivity index (χ0) is 6.83. The van der Waals surface area contributed by atoms with Crippen LogP contribution in [0, 0.1) is 0 Å². The molecule has 3 nitrogen and oxygen atoms in total. The summed E-state index contributed by atoms with van der Waals surface area (Å²) in [6.45, 7) is 5.25. The van der Waals surface area contributed by atoms with Gasteiger partial charge >= 0.3 is 15.4 Å². The van der Waals surface area contributed by atoms with E-state index in [0.29, 0.717) is 15.4 Å². The standard InChI is InChI=1S/C3H6.B2H2O3/c1-3-2;3-1-5-2-4/h3H,1H2,2H3;3-4H. The molecule has 0 unspecified atom stereocenters. The van der Waals surface area contributed by atoms with Gasteiger partial charge in [-0.15, -0.1) is 6.58 Å². The molecule has 0 atom stereocenters. The lowest BCUT2D eigenvalue weighted by Gasteiger charge is -1.78. The SMILES string of the molecule is C=CC.O[B]O[B]O. The van der Waals surface area contributed by atoms with Crippen LogP contribution in [0.15, 0.2) is 12.7 Å². The maximum Gasteiger partial charge on any atom is 0.469 e. The number of hydrogen-bond donors (Lipinski definition) is 2. The predicted molar refractivity (Wildman–Crippen MR) is 32.9 cm³/mol. The van der Waals surface area contributed by atoms with Crippen molar-refractivity contribution in [3.05, 3.63) is 12.7 Å². The molecule has 8 heavy (non-hydrogen) atoms. The maximum absolute atomic E-state index is 7.53. The van der Waals surface area contributed by atoms with Crippen molar-refractivity contribution in [1.82, 2.24) is 0 Å². The molecule has 0 heterocycles. The molecular weight excluding hydrogens is 106 g/mol. The molecule has 0 aromatic heterocycles. The van der Waals surface area contributed by atoms with Gasteiger partial charge in [-0.05, 0) is 6.92 Å². The highest BCUT2D eigenvalue weighted by Crippen LogP contribution is 1.48. The third kappa shape index (κ3) is 42.4. The molecule has 5 heteroatoms. The largest absolute Gasteiger partial charge is 0.469 e. The van der Waals surface area contributed by atoms with Crippen LogP contribution in [0.1, 0.15) is 6.92 Å². The Bertz CT molecular complexity index is 39.5. The molecular formula is C3H8B2O3. The highest BCUT2D eigenvalue weighted by atomic mass is 16.5. The van der Waals surface area contributed by atoms with Gasteiger partial charge in [0.2, 0.25) is 0 Å². The van der Waals surface area contributed by atoms with E-state index < -0.39 is 0 Å². The molecule has 2 radical (unpaired) electrons. The van der Waals surface area contributed by atoms with Gasteiger partial charge in [-0.3, -0.25) is 0 Å². The molecule has 0 aliphatic carbocycles. The van der Waals surface area contributed by atoms with Crippen molar-refractivity contribution in [2.45, 2.75) is 6.92 Å². The van der Waals surface area contributed by atoms with E-state index in [9.17, 15) is 0 Å². The molecule has 2 N–H and O–H groups in total. The quantitative estimate of drug-likeness (QED) is 0.366. The average Bonchev–Trinajstić information content (AvgIpc) is 1.71. The highest BCUT2D eigenvalue weighted by molar-refractivity contribution is 6.32. The zero-order valence-corrected chi connectivity index (χ0v) is 4.74. The minimum atomic E-state index is 0.375. The molecule has 0 aromatic rings. The van der Waals surface area contributed by atoms with Crippen LogP contribution in [-0.2, 0) is 4.57 Å². The van der Waals surface area contributed by atoms with Crippen LogP contribution < -0.4 is 0 Å². The van der Waals surface area contributed by atoms with Crippen LogP contribution in [-0.4, -0.2) is 25.4 Å². The summed E-state index contributed by atoms with van der Waals surface area (Å²) in [6.07, 6.45) is 1.75. The van der Waals surface area contributed by atoms with Gasteiger partial charge < -0.3 is 14.6 Å².